The highest BCUT2D eigenvalue weighted by Gasteiger charge is 2.35. The number of alkyl halides is 1. The molecule has 1 aliphatic rings. The lowest BCUT2D eigenvalue weighted by Crippen LogP contribution is -2.14. The van der Waals surface area contributed by atoms with Gasteiger partial charge in [-0.1, -0.05) is 23.7 Å². The Labute approximate surface area is 82.7 Å². The van der Waals surface area contributed by atoms with E-state index < -0.39 is 5.67 Å². The van der Waals surface area contributed by atoms with Crippen LogP contribution in [0, 0.1) is 0 Å². The van der Waals surface area contributed by atoms with Gasteiger partial charge in [-0.2, -0.15) is 0 Å². The van der Waals surface area contributed by atoms with Gasteiger partial charge in [0.05, 0.1) is 0 Å². The van der Waals surface area contributed by atoms with Crippen molar-refractivity contribution in [3.05, 3.63) is 34.9 Å². The summed E-state index contributed by atoms with van der Waals surface area (Å²) in [5.41, 5.74) is -0.359. The van der Waals surface area contributed by atoms with Gasteiger partial charge in [-0.25, -0.2) is 4.39 Å². The van der Waals surface area contributed by atoms with E-state index in [1.807, 2.05) is 12.1 Å². The Balaban J connectivity index is 2.33. The van der Waals surface area contributed by atoms with Gasteiger partial charge >= 0.3 is 0 Å². The van der Waals surface area contributed by atoms with Crippen LogP contribution in [0.4, 0.5) is 4.39 Å². The third-order valence-electron chi connectivity index (χ3n) is 2.74. The van der Waals surface area contributed by atoms with E-state index in [1.54, 1.807) is 12.1 Å². The van der Waals surface area contributed by atoms with Crippen LogP contribution in [0.15, 0.2) is 24.3 Å². The lowest BCUT2D eigenvalue weighted by atomic mass is 9.94. The minimum atomic E-state index is -1.11. The Hall–Kier alpha value is -0.560. The molecule has 0 heterocycles. The van der Waals surface area contributed by atoms with E-state index in [-0.39, 0.29) is 0 Å². The molecule has 0 radical (unpaired) electrons. The molecule has 1 saturated carbocycles. The van der Waals surface area contributed by atoms with Crippen LogP contribution in [0.25, 0.3) is 0 Å². The molecule has 1 aromatic rings. The molecular formula is C11H12ClF. The van der Waals surface area contributed by atoms with Crippen molar-refractivity contribution in [2.75, 3.05) is 0 Å². The van der Waals surface area contributed by atoms with Gasteiger partial charge in [0.2, 0.25) is 0 Å². The summed E-state index contributed by atoms with van der Waals surface area (Å²) in [5.74, 6) is 0. The number of hydrogen-bond donors (Lipinski definition) is 0. The number of benzene rings is 1. The molecule has 70 valence electrons. The van der Waals surface area contributed by atoms with E-state index in [0.29, 0.717) is 17.9 Å². The van der Waals surface area contributed by atoms with Gasteiger partial charge in [-0.3, -0.25) is 0 Å². The minimum Gasteiger partial charge on any atom is -0.239 e. The molecule has 1 aromatic carbocycles. The first-order valence-electron chi connectivity index (χ1n) is 4.66. The first-order valence-corrected chi connectivity index (χ1v) is 5.03. The summed E-state index contributed by atoms with van der Waals surface area (Å²) in [6.45, 7) is 0. The van der Waals surface area contributed by atoms with Gasteiger partial charge in [0.15, 0.2) is 0 Å². The molecule has 0 atom stereocenters. The van der Waals surface area contributed by atoms with Crippen LogP contribution in [-0.2, 0) is 5.67 Å². The molecule has 0 bridgehead atoms. The molecule has 0 N–H and O–H groups in total. The zero-order valence-corrected chi connectivity index (χ0v) is 8.15. The fourth-order valence-corrected chi connectivity index (χ4v) is 2.18. The summed E-state index contributed by atoms with van der Waals surface area (Å²) in [4.78, 5) is 0. The molecule has 0 amide bonds. The summed E-state index contributed by atoms with van der Waals surface area (Å²) < 4.78 is 14.2. The van der Waals surface area contributed by atoms with Crippen molar-refractivity contribution in [1.29, 1.82) is 0 Å². The minimum absolute atomic E-state index is 0.626. The fourth-order valence-electron chi connectivity index (χ4n) is 1.99. The van der Waals surface area contributed by atoms with Crippen molar-refractivity contribution >= 4 is 11.6 Å². The summed E-state index contributed by atoms with van der Waals surface area (Å²) in [6, 6.07) is 7.17. The quantitative estimate of drug-likeness (QED) is 0.638. The molecule has 0 aromatic heterocycles. The average Bonchev–Trinajstić information content (AvgIpc) is 2.54. The van der Waals surface area contributed by atoms with Crippen LogP contribution in [0.1, 0.15) is 31.2 Å². The first kappa shape index (κ1) is 9.01. The van der Waals surface area contributed by atoms with Gasteiger partial charge in [0.25, 0.3) is 0 Å². The van der Waals surface area contributed by atoms with Gasteiger partial charge in [-0.05, 0) is 43.4 Å². The fraction of sp³-hybridized carbons (Fsp3) is 0.455. The predicted octanol–water partition coefficient (Wildman–Crippen LogP) is 4.08. The Morgan fingerprint density at radius 3 is 2.54 bits per heavy atom. The van der Waals surface area contributed by atoms with Crippen molar-refractivity contribution in [3.8, 4) is 0 Å². The second-order valence-corrected chi connectivity index (χ2v) is 4.12. The van der Waals surface area contributed by atoms with E-state index in [4.69, 9.17) is 11.6 Å². The Morgan fingerprint density at radius 1 is 1.23 bits per heavy atom. The van der Waals surface area contributed by atoms with Crippen LogP contribution in [-0.4, -0.2) is 0 Å². The largest absolute Gasteiger partial charge is 0.239 e. The van der Waals surface area contributed by atoms with E-state index >= 15 is 0 Å². The molecule has 0 nitrogen and oxygen atoms in total. The van der Waals surface area contributed by atoms with Crippen molar-refractivity contribution < 1.29 is 4.39 Å². The van der Waals surface area contributed by atoms with Crippen LogP contribution >= 0.6 is 11.6 Å². The SMILES string of the molecule is FC1(c2cccc(Cl)c2)CCCC1. The highest BCUT2D eigenvalue weighted by molar-refractivity contribution is 6.30. The van der Waals surface area contributed by atoms with Gasteiger partial charge in [0.1, 0.15) is 5.67 Å². The summed E-state index contributed by atoms with van der Waals surface area (Å²) in [6.07, 6.45) is 3.27. The maximum Gasteiger partial charge on any atom is 0.136 e. The van der Waals surface area contributed by atoms with E-state index in [9.17, 15) is 4.39 Å². The Morgan fingerprint density at radius 2 is 1.92 bits per heavy atom. The molecule has 0 aliphatic heterocycles. The smallest absolute Gasteiger partial charge is 0.136 e. The standard InChI is InChI=1S/C11H12ClF/c12-10-5-3-4-9(8-10)11(13)6-1-2-7-11/h3-5,8H,1-2,6-7H2. The second kappa shape index (κ2) is 3.30. The molecule has 0 spiro atoms. The van der Waals surface area contributed by atoms with Crippen LogP contribution < -0.4 is 0 Å². The monoisotopic (exact) mass is 198 g/mol. The summed E-state index contributed by atoms with van der Waals surface area (Å²) in [7, 11) is 0. The number of rotatable bonds is 1. The van der Waals surface area contributed by atoms with Crippen LogP contribution in [0.2, 0.25) is 5.02 Å². The molecule has 0 saturated heterocycles. The van der Waals surface area contributed by atoms with Crippen molar-refractivity contribution in [1.82, 2.24) is 0 Å². The second-order valence-electron chi connectivity index (χ2n) is 3.68. The highest BCUT2D eigenvalue weighted by atomic mass is 35.5. The average molecular weight is 199 g/mol. The molecule has 1 aliphatic carbocycles. The Kier molecular flexibility index (Phi) is 2.29. The van der Waals surface area contributed by atoms with Crippen LogP contribution in [0.3, 0.4) is 0 Å². The van der Waals surface area contributed by atoms with E-state index in [0.717, 1.165) is 18.4 Å². The molecule has 0 unspecified atom stereocenters. The first-order chi connectivity index (χ1) is 6.21. The normalized spacial score (nSPS) is 20.5. The lowest BCUT2D eigenvalue weighted by Gasteiger charge is -2.19. The number of hydrogen-bond acceptors (Lipinski definition) is 0. The predicted molar refractivity (Wildman–Crippen MR) is 52.7 cm³/mol. The molecule has 13 heavy (non-hydrogen) atoms. The van der Waals surface area contributed by atoms with Crippen molar-refractivity contribution in [2.45, 2.75) is 31.4 Å². The third-order valence-corrected chi connectivity index (χ3v) is 2.97. The lowest BCUT2D eigenvalue weighted by molar-refractivity contribution is 0.175. The van der Waals surface area contributed by atoms with E-state index in [1.165, 1.54) is 0 Å². The maximum absolute atomic E-state index is 14.2. The van der Waals surface area contributed by atoms with Gasteiger partial charge in [0, 0.05) is 5.02 Å². The molecular weight excluding hydrogens is 187 g/mol. The topological polar surface area (TPSA) is 0 Å². The summed E-state index contributed by atoms with van der Waals surface area (Å²) >= 11 is 5.82. The maximum atomic E-state index is 14.2. The van der Waals surface area contributed by atoms with Gasteiger partial charge < -0.3 is 0 Å². The third kappa shape index (κ3) is 1.71. The molecule has 2 heteroatoms. The van der Waals surface area contributed by atoms with E-state index in [2.05, 4.69) is 0 Å². The zero-order valence-electron chi connectivity index (χ0n) is 7.39. The zero-order chi connectivity index (χ0) is 9.31. The van der Waals surface area contributed by atoms with Gasteiger partial charge in [-0.15, -0.1) is 0 Å². The van der Waals surface area contributed by atoms with Crippen LogP contribution in [0.5, 0.6) is 0 Å². The van der Waals surface area contributed by atoms with Crippen molar-refractivity contribution in [2.24, 2.45) is 0 Å². The highest BCUT2D eigenvalue weighted by Crippen LogP contribution is 2.42. The molecule has 1 fully saturated rings. The van der Waals surface area contributed by atoms with Crippen molar-refractivity contribution in [3.63, 3.8) is 0 Å². The Bertz CT molecular complexity index is 303. The number of halogens is 2. The molecule has 2 rings (SSSR count). The summed E-state index contributed by atoms with van der Waals surface area (Å²) in [5, 5.41) is 0.626.